The first-order valence-electron chi connectivity index (χ1n) is 11.1. The van der Waals surface area contributed by atoms with Gasteiger partial charge in [-0.05, 0) is 60.5 Å². The highest BCUT2D eigenvalue weighted by atomic mass is 28.4. The first kappa shape index (κ1) is 26.0. The highest BCUT2D eigenvalue weighted by molar-refractivity contribution is 6.74. The number of ether oxygens (including phenoxy) is 3. The fourth-order valence-corrected chi connectivity index (χ4v) is 5.39. The maximum absolute atomic E-state index is 12.2. The standard InChI is InChI=1S/C25H42O5Si/c1-12-17-14-24(5,6)22(30-31(10,11)23(2,3)4)21(17)19-16-29-25(7,8)28-15-18(19)13-20(26)27-9/h12-13,17,22H,1,14-16H2,2-11H3/b18-13+,21-19+/t17-,22-/m1/s1. The Bertz CT molecular complexity index is 767. The van der Waals surface area contributed by atoms with Crippen LogP contribution in [0.3, 0.4) is 0 Å². The highest BCUT2D eigenvalue weighted by Gasteiger charge is 2.50. The summed E-state index contributed by atoms with van der Waals surface area (Å²) in [5, 5.41) is 0.0842. The molecule has 0 N–H and O–H groups in total. The molecular formula is C25H42O5Si. The van der Waals surface area contributed by atoms with E-state index in [-0.39, 0.29) is 29.1 Å². The Morgan fingerprint density at radius 2 is 1.74 bits per heavy atom. The number of methoxy groups -OCH3 is 1. The van der Waals surface area contributed by atoms with Crippen LogP contribution >= 0.6 is 0 Å². The largest absolute Gasteiger partial charge is 0.466 e. The van der Waals surface area contributed by atoms with Gasteiger partial charge in [-0.15, -0.1) is 6.58 Å². The van der Waals surface area contributed by atoms with Crippen molar-refractivity contribution in [2.75, 3.05) is 20.3 Å². The molecule has 1 saturated heterocycles. The summed E-state index contributed by atoms with van der Waals surface area (Å²) in [7, 11) is -0.672. The minimum Gasteiger partial charge on any atom is -0.466 e. The van der Waals surface area contributed by atoms with Crippen LogP contribution in [0, 0.1) is 11.3 Å². The number of esters is 1. The third kappa shape index (κ3) is 5.78. The van der Waals surface area contributed by atoms with E-state index in [1.807, 2.05) is 19.9 Å². The van der Waals surface area contributed by atoms with Crippen LogP contribution in [0.15, 0.2) is 35.5 Å². The summed E-state index contributed by atoms with van der Waals surface area (Å²) < 4.78 is 24.0. The van der Waals surface area contributed by atoms with Gasteiger partial charge in [0.2, 0.25) is 0 Å². The van der Waals surface area contributed by atoms with Gasteiger partial charge in [-0.1, -0.05) is 40.7 Å². The van der Waals surface area contributed by atoms with Crippen molar-refractivity contribution in [2.24, 2.45) is 11.3 Å². The van der Waals surface area contributed by atoms with Gasteiger partial charge in [0.05, 0.1) is 26.4 Å². The van der Waals surface area contributed by atoms with Crippen molar-refractivity contribution < 1.29 is 23.4 Å². The van der Waals surface area contributed by atoms with Crippen molar-refractivity contribution in [1.29, 1.82) is 0 Å². The van der Waals surface area contributed by atoms with Gasteiger partial charge in [-0.2, -0.15) is 0 Å². The van der Waals surface area contributed by atoms with Gasteiger partial charge in [0, 0.05) is 12.0 Å². The Labute approximate surface area is 190 Å². The number of allylic oxidation sites excluding steroid dienone is 1. The fraction of sp³-hybridized carbons (Fsp3) is 0.720. The summed E-state index contributed by atoms with van der Waals surface area (Å²) in [6.45, 7) is 24.4. The quantitative estimate of drug-likeness (QED) is 0.235. The number of hydrogen-bond donors (Lipinski definition) is 0. The summed E-state index contributed by atoms with van der Waals surface area (Å²) in [4.78, 5) is 12.2. The van der Waals surface area contributed by atoms with E-state index in [4.69, 9.17) is 18.6 Å². The molecule has 0 spiro atoms. The molecule has 1 aliphatic heterocycles. The maximum Gasteiger partial charge on any atom is 0.330 e. The van der Waals surface area contributed by atoms with E-state index >= 15 is 0 Å². The van der Waals surface area contributed by atoms with E-state index in [0.29, 0.717) is 6.61 Å². The molecule has 2 rings (SSSR count). The van der Waals surface area contributed by atoms with E-state index < -0.39 is 20.1 Å². The van der Waals surface area contributed by atoms with Crippen molar-refractivity contribution >= 4 is 14.3 Å². The molecule has 176 valence electrons. The second-order valence-corrected chi connectivity index (χ2v) is 16.2. The Kier molecular flexibility index (Phi) is 7.53. The van der Waals surface area contributed by atoms with Crippen LogP contribution in [0.4, 0.5) is 0 Å². The third-order valence-corrected chi connectivity index (χ3v) is 11.4. The molecule has 6 heteroatoms. The van der Waals surface area contributed by atoms with Crippen LogP contribution in [0.5, 0.6) is 0 Å². The lowest BCUT2D eigenvalue weighted by atomic mass is 9.87. The Morgan fingerprint density at radius 3 is 2.26 bits per heavy atom. The second kappa shape index (κ2) is 8.97. The zero-order chi connectivity index (χ0) is 23.8. The molecule has 0 aromatic heterocycles. The second-order valence-electron chi connectivity index (χ2n) is 11.4. The van der Waals surface area contributed by atoms with Crippen LogP contribution < -0.4 is 0 Å². The molecule has 0 amide bonds. The molecule has 0 unspecified atom stereocenters. The first-order chi connectivity index (χ1) is 14.0. The van der Waals surface area contributed by atoms with Crippen molar-refractivity contribution in [3.8, 4) is 0 Å². The summed E-state index contributed by atoms with van der Waals surface area (Å²) in [5.41, 5.74) is 2.87. The molecule has 1 heterocycles. The minimum absolute atomic E-state index is 0.0736. The average molecular weight is 451 g/mol. The Hall–Kier alpha value is -1.21. The number of carbonyl (C=O) groups is 1. The molecule has 0 aromatic rings. The Balaban J connectivity index is 2.70. The minimum atomic E-state index is -2.06. The number of carbonyl (C=O) groups excluding carboxylic acids is 1. The van der Waals surface area contributed by atoms with Gasteiger partial charge in [0.1, 0.15) is 0 Å². The van der Waals surface area contributed by atoms with E-state index in [9.17, 15) is 4.79 Å². The van der Waals surface area contributed by atoms with Gasteiger partial charge in [0.25, 0.3) is 0 Å². The van der Waals surface area contributed by atoms with Gasteiger partial charge < -0.3 is 18.6 Å². The molecule has 2 atom stereocenters. The number of hydrogen-bond acceptors (Lipinski definition) is 5. The average Bonchev–Trinajstić information content (AvgIpc) is 2.78. The van der Waals surface area contributed by atoms with Crippen LogP contribution in [0.25, 0.3) is 0 Å². The number of rotatable bonds is 4. The molecule has 2 aliphatic rings. The molecule has 1 saturated carbocycles. The molecule has 0 aromatic carbocycles. The molecule has 5 nitrogen and oxygen atoms in total. The van der Waals surface area contributed by atoms with E-state index in [1.165, 1.54) is 18.8 Å². The maximum atomic E-state index is 12.2. The van der Waals surface area contributed by atoms with Crippen molar-refractivity contribution in [1.82, 2.24) is 0 Å². The van der Waals surface area contributed by atoms with E-state index in [1.54, 1.807) is 0 Å². The topological polar surface area (TPSA) is 54.0 Å². The van der Waals surface area contributed by atoms with Gasteiger partial charge in [-0.25, -0.2) is 4.79 Å². The summed E-state index contributed by atoms with van der Waals surface area (Å²) >= 11 is 0. The zero-order valence-corrected chi connectivity index (χ0v) is 22.2. The third-order valence-electron chi connectivity index (χ3n) is 7.01. The molecule has 0 radical (unpaired) electrons. The van der Waals surface area contributed by atoms with Crippen molar-refractivity contribution in [2.45, 2.75) is 84.9 Å². The van der Waals surface area contributed by atoms with Crippen LogP contribution in [-0.4, -0.2) is 46.5 Å². The molecule has 1 aliphatic carbocycles. The molecule has 31 heavy (non-hydrogen) atoms. The van der Waals surface area contributed by atoms with Crippen LogP contribution in [0.2, 0.25) is 18.1 Å². The van der Waals surface area contributed by atoms with Gasteiger partial charge >= 0.3 is 5.97 Å². The van der Waals surface area contributed by atoms with E-state index in [0.717, 1.165) is 17.6 Å². The van der Waals surface area contributed by atoms with Crippen molar-refractivity contribution in [3.63, 3.8) is 0 Å². The zero-order valence-electron chi connectivity index (χ0n) is 21.2. The molecule has 0 bridgehead atoms. The van der Waals surface area contributed by atoms with Crippen LogP contribution in [-0.2, 0) is 23.4 Å². The predicted molar refractivity (Wildman–Crippen MR) is 127 cm³/mol. The highest BCUT2D eigenvalue weighted by Crippen LogP contribution is 2.52. The predicted octanol–water partition coefficient (Wildman–Crippen LogP) is 5.79. The van der Waals surface area contributed by atoms with Gasteiger partial charge in [-0.3, -0.25) is 0 Å². The monoisotopic (exact) mass is 450 g/mol. The normalized spacial score (nSPS) is 30.2. The van der Waals surface area contributed by atoms with Crippen LogP contribution in [0.1, 0.15) is 54.9 Å². The first-order valence-corrected chi connectivity index (χ1v) is 14.1. The van der Waals surface area contributed by atoms with E-state index in [2.05, 4.69) is 54.3 Å². The van der Waals surface area contributed by atoms with Crippen molar-refractivity contribution in [3.05, 3.63) is 35.5 Å². The lowest BCUT2D eigenvalue weighted by Gasteiger charge is -2.42. The SMILES string of the molecule is C=C[C@@H]1CC(C)(C)[C@H](O[Si](C)(C)C(C)(C)C)/C1=C1\COC(C)(C)OC\C1=C/C(=O)OC. The molecular weight excluding hydrogens is 408 g/mol. The fourth-order valence-electron chi connectivity index (χ4n) is 4.00. The molecule has 2 fully saturated rings. The summed E-state index contributed by atoms with van der Waals surface area (Å²) in [5.74, 6) is -0.998. The summed E-state index contributed by atoms with van der Waals surface area (Å²) in [6.07, 6.45) is 4.38. The Morgan fingerprint density at radius 1 is 1.16 bits per heavy atom. The summed E-state index contributed by atoms with van der Waals surface area (Å²) in [6, 6.07) is 0. The lowest BCUT2D eigenvalue weighted by Crippen LogP contribution is -2.47. The smallest absolute Gasteiger partial charge is 0.330 e. The van der Waals surface area contributed by atoms with Gasteiger partial charge in [0.15, 0.2) is 14.1 Å². The lowest BCUT2D eigenvalue weighted by molar-refractivity contribution is -0.195.